The highest BCUT2D eigenvalue weighted by Gasteiger charge is 2.18. The smallest absolute Gasteiger partial charge is 0.310 e. The van der Waals surface area contributed by atoms with Crippen LogP contribution in [0.25, 0.3) is 0 Å². The van der Waals surface area contributed by atoms with Gasteiger partial charge in [0.1, 0.15) is 11.1 Å². The van der Waals surface area contributed by atoms with E-state index >= 15 is 0 Å². The lowest BCUT2D eigenvalue weighted by molar-refractivity contribution is -0.139. The quantitative estimate of drug-likeness (QED) is 0.649. The first-order chi connectivity index (χ1) is 8.55. The highest BCUT2D eigenvalue weighted by Crippen LogP contribution is 2.29. The summed E-state index contributed by atoms with van der Waals surface area (Å²) in [5.41, 5.74) is 6.07. The van der Waals surface area contributed by atoms with Crippen molar-refractivity contribution < 1.29 is 19.1 Å². The van der Waals surface area contributed by atoms with Crippen LogP contribution in [0.1, 0.15) is 20.8 Å². The Labute approximate surface area is 109 Å². The maximum atomic E-state index is 11.0. The standard InChI is InChI=1S/C9H8N2O3S.C2H6O/c1-14-8(13)2-5-6(3-10)9(11)15-7(5)4-12;1-3-2/h4H,2,11H2,1H3;1-2H3. The number of nitriles is 1. The van der Waals surface area contributed by atoms with Crippen LogP contribution in [0.2, 0.25) is 0 Å². The molecular weight excluding hydrogens is 256 g/mol. The average Bonchev–Trinajstić information content (AvgIpc) is 2.65. The van der Waals surface area contributed by atoms with E-state index in [0.717, 1.165) is 11.3 Å². The molecule has 0 unspecified atom stereocenters. The molecule has 1 aromatic rings. The van der Waals surface area contributed by atoms with Crippen LogP contribution in [0.15, 0.2) is 0 Å². The second kappa shape index (κ2) is 8.22. The van der Waals surface area contributed by atoms with E-state index in [1.807, 2.05) is 6.07 Å². The molecule has 0 amide bonds. The van der Waals surface area contributed by atoms with Crippen LogP contribution in [0, 0.1) is 11.3 Å². The number of hydrogen-bond donors (Lipinski definition) is 1. The van der Waals surface area contributed by atoms with E-state index in [2.05, 4.69) is 9.47 Å². The minimum atomic E-state index is -0.507. The van der Waals surface area contributed by atoms with Crippen LogP contribution >= 0.6 is 11.3 Å². The fourth-order valence-corrected chi connectivity index (χ4v) is 1.97. The highest BCUT2D eigenvalue weighted by molar-refractivity contribution is 7.17. The van der Waals surface area contributed by atoms with Crippen molar-refractivity contribution in [2.24, 2.45) is 0 Å². The summed E-state index contributed by atoms with van der Waals surface area (Å²) in [6.07, 6.45) is 0.474. The van der Waals surface area contributed by atoms with Gasteiger partial charge in [0.15, 0.2) is 6.29 Å². The van der Waals surface area contributed by atoms with Crippen molar-refractivity contribution in [2.75, 3.05) is 27.1 Å². The molecule has 2 N–H and O–H groups in total. The number of nitrogens with two attached hydrogens (primary N) is 1. The predicted octanol–water partition coefficient (Wildman–Crippen LogP) is 0.993. The first-order valence-corrected chi connectivity index (χ1v) is 5.60. The average molecular weight is 270 g/mol. The van der Waals surface area contributed by atoms with E-state index in [-0.39, 0.29) is 17.0 Å². The summed E-state index contributed by atoms with van der Waals surface area (Å²) in [6, 6.07) is 1.87. The van der Waals surface area contributed by atoms with E-state index in [4.69, 9.17) is 11.0 Å². The number of nitrogen functional groups attached to an aromatic ring is 1. The van der Waals surface area contributed by atoms with Crippen LogP contribution in [-0.2, 0) is 20.7 Å². The molecule has 0 saturated heterocycles. The molecule has 0 aromatic carbocycles. The lowest BCUT2D eigenvalue weighted by atomic mass is 10.1. The van der Waals surface area contributed by atoms with Gasteiger partial charge in [-0.3, -0.25) is 9.59 Å². The molecule has 6 nitrogen and oxygen atoms in total. The SMILES string of the molecule is COC.COC(=O)Cc1c(C=O)sc(N)c1C#N. The van der Waals surface area contributed by atoms with Gasteiger partial charge in [-0.15, -0.1) is 11.3 Å². The molecule has 7 heteroatoms. The normalized spacial score (nSPS) is 8.78. The Kier molecular flexibility index (Phi) is 7.35. The fraction of sp³-hybridized carbons (Fsp3) is 0.364. The maximum Gasteiger partial charge on any atom is 0.310 e. The number of esters is 1. The largest absolute Gasteiger partial charge is 0.469 e. The Morgan fingerprint density at radius 3 is 2.44 bits per heavy atom. The van der Waals surface area contributed by atoms with Gasteiger partial charge >= 0.3 is 5.97 Å². The first-order valence-electron chi connectivity index (χ1n) is 4.79. The van der Waals surface area contributed by atoms with Crippen molar-refractivity contribution >= 4 is 28.6 Å². The molecule has 98 valence electrons. The Morgan fingerprint density at radius 2 is 2.06 bits per heavy atom. The van der Waals surface area contributed by atoms with Gasteiger partial charge in [-0.05, 0) is 0 Å². The first kappa shape index (κ1) is 16.1. The summed E-state index contributed by atoms with van der Waals surface area (Å²) in [6.45, 7) is 0. The lowest BCUT2D eigenvalue weighted by Gasteiger charge is -1.98. The molecule has 1 heterocycles. The number of anilines is 1. The Bertz CT molecular complexity index is 462. The third kappa shape index (κ3) is 4.16. The van der Waals surface area contributed by atoms with Gasteiger partial charge in [0.2, 0.25) is 0 Å². The van der Waals surface area contributed by atoms with Gasteiger partial charge in [0.25, 0.3) is 0 Å². The number of carbonyl (C=O) groups excluding carboxylic acids is 2. The van der Waals surface area contributed by atoms with E-state index in [1.54, 1.807) is 14.2 Å². The second-order valence-corrected chi connectivity index (χ2v) is 4.16. The fourth-order valence-electron chi connectivity index (χ4n) is 1.11. The number of nitrogens with zero attached hydrogens (tertiary/aromatic N) is 1. The number of thiophene rings is 1. The monoisotopic (exact) mass is 270 g/mol. The number of carbonyl (C=O) groups is 2. The van der Waals surface area contributed by atoms with Gasteiger partial charge in [-0.1, -0.05) is 0 Å². The predicted molar refractivity (Wildman–Crippen MR) is 67.5 cm³/mol. The zero-order valence-corrected chi connectivity index (χ0v) is 11.2. The van der Waals surface area contributed by atoms with Crippen LogP contribution in [0.4, 0.5) is 5.00 Å². The minimum absolute atomic E-state index is 0.110. The number of rotatable bonds is 3. The molecule has 0 saturated carbocycles. The van der Waals surface area contributed by atoms with Crippen molar-refractivity contribution in [3.63, 3.8) is 0 Å². The third-order valence-electron chi connectivity index (χ3n) is 1.83. The van der Waals surface area contributed by atoms with Crippen LogP contribution in [-0.4, -0.2) is 33.6 Å². The highest BCUT2D eigenvalue weighted by atomic mass is 32.1. The van der Waals surface area contributed by atoms with Gasteiger partial charge in [-0.25, -0.2) is 0 Å². The summed E-state index contributed by atoms with van der Waals surface area (Å²) in [5.74, 6) is -0.507. The van der Waals surface area contributed by atoms with Crippen LogP contribution < -0.4 is 5.73 Å². The molecule has 0 aliphatic carbocycles. The molecule has 0 spiro atoms. The number of hydrogen-bond acceptors (Lipinski definition) is 7. The topological polar surface area (TPSA) is 102 Å². The van der Waals surface area contributed by atoms with Crippen molar-refractivity contribution in [2.45, 2.75) is 6.42 Å². The summed E-state index contributed by atoms with van der Waals surface area (Å²) in [7, 11) is 4.49. The van der Waals surface area contributed by atoms with Gasteiger partial charge < -0.3 is 15.2 Å². The Hall–Kier alpha value is -1.91. The molecule has 1 rings (SSSR count). The molecule has 0 bridgehead atoms. The molecule has 1 aromatic heterocycles. The van der Waals surface area contributed by atoms with E-state index in [1.165, 1.54) is 7.11 Å². The van der Waals surface area contributed by atoms with E-state index in [0.29, 0.717) is 16.7 Å². The van der Waals surface area contributed by atoms with E-state index in [9.17, 15) is 9.59 Å². The molecule has 0 radical (unpaired) electrons. The molecular formula is C11H14N2O4S. The van der Waals surface area contributed by atoms with Crippen LogP contribution in [0.3, 0.4) is 0 Å². The lowest BCUT2D eigenvalue weighted by Crippen LogP contribution is -2.06. The zero-order chi connectivity index (χ0) is 14.1. The maximum absolute atomic E-state index is 11.0. The van der Waals surface area contributed by atoms with Crippen molar-refractivity contribution in [3.05, 3.63) is 16.0 Å². The number of methoxy groups -OCH3 is 2. The van der Waals surface area contributed by atoms with Gasteiger partial charge in [0, 0.05) is 19.8 Å². The third-order valence-corrected chi connectivity index (χ3v) is 2.82. The summed E-state index contributed by atoms with van der Waals surface area (Å²) in [4.78, 5) is 22.0. The molecule has 0 aliphatic heterocycles. The van der Waals surface area contributed by atoms with Crippen molar-refractivity contribution in [3.8, 4) is 6.07 Å². The molecule has 0 aliphatic rings. The van der Waals surface area contributed by atoms with Crippen LogP contribution in [0.5, 0.6) is 0 Å². The molecule has 0 fully saturated rings. The van der Waals surface area contributed by atoms with Crippen molar-refractivity contribution in [1.29, 1.82) is 5.26 Å². The summed E-state index contributed by atoms with van der Waals surface area (Å²) in [5, 5.41) is 9.05. The Morgan fingerprint density at radius 1 is 1.50 bits per heavy atom. The zero-order valence-electron chi connectivity index (χ0n) is 10.4. The summed E-state index contributed by atoms with van der Waals surface area (Å²) >= 11 is 0.997. The Balaban J connectivity index is 0.000000873. The van der Waals surface area contributed by atoms with E-state index < -0.39 is 5.97 Å². The molecule has 0 atom stereocenters. The molecule has 18 heavy (non-hydrogen) atoms. The summed E-state index contributed by atoms with van der Waals surface area (Å²) < 4.78 is 8.71. The number of ether oxygens (including phenoxy) is 2. The second-order valence-electron chi connectivity index (χ2n) is 3.07. The van der Waals surface area contributed by atoms with Gasteiger partial charge in [0.05, 0.1) is 24.0 Å². The minimum Gasteiger partial charge on any atom is -0.469 e. The van der Waals surface area contributed by atoms with Crippen molar-refractivity contribution in [1.82, 2.24) is 0 Å². The van der Waals surface area contributed by atoms with Gasteiger partial charge in [-0.2, -0.15) is 5.26 Å². The number of aldehydes is 1.